The van der Waals surface area contributed by atoms with Gasteiger partial charge in [-0.25, -0.2) is 18.1 Å². The molecule has 6 heterocycles. The molecule has 37 heavy (non-hydrogen) atoms. The SMILES string of the molecule is Cc1nnn(C)c1-c1cnc2c3ccc(N4CCS(=O)(=O)CC4C)nc3n([C@H](C)C3CCOCC3)c2c1. The summed E-state index contributed by atoms with van der Waals surface area (Å²) in [4.78, 5) is 12.2. The smallest absolute Gasteiger partial charge is 0.154 e. The molecule has 2 aliphatic heterocycles. The van der Waals surface area contributed by atoms with Crippen LogP contribution in [-0.4, -0.2) is 75.3 Å². The summed E-state index contributed by atoms with van der Waals surface area (Å²) in [6.45, 7) is 8.18. The quantitative estimate of drug-likeness (QED) is 0.401. The zero-order valence-electron chi connectivity index (χ0n) is 21.8. The van der Waals surface area contributed by atoms with Gasteiger partial charge in [-0.05, 0) is 57.7 Å². The minimum Gasteiger partial charge on any atom is -0.381 e. The van der Waals surface area contributed by atoms with Gasteiger partial charge in [0.05, 0.1) is 33.9 Å². The summed E-state index contributed by atoms with van der Waals surface area (Å²) in [6, 6.07) is 6.34. The number of nitrogens with zero attached hydrogens (tertiary/aromatic N) is 7. The molecule has 196 valence electrons. The Balaban J connectivity index is 1.54. The normalized spacial score (nSPS) is 21.6. The van der Waals surface area contributed by atoms with E-state index in [-0.39, 0.29) is 23.6 Å². The minimum atomic E-state index is -3.01. The number of anilines is 1. The van der Waals surface area contributed by atoms with Gasteiger partial charge in [0.25, 0.3) is 0 Å². The molecule has 0 radical (unpaired) electrons. The second-order valence-corrected chi connectivity index (χ2v) is 12.7. The van der Waals surface area contributed by atoms with Crippen molar-refractivity contribution < 1.29 is 13.2 Å². The second kappa shape index (κ2) is 9.05. The zero-order chi connectivity index (χ0) is 25.9. The molecule has 11 heteroatoms. The number of aryl methyl sites for hydroxylation is 2. The fraction of sp³-hybridized carbons (Fsp3) is 0.538. The number of pyridine rings is 2. The first kappa shape index (κ1) is 24.3. The van der Waals surface area contributed by atoms with Gasteiger partial charge < -0.3 is 14.2 Å². The van der Waals surface area contributed by atoms with Crippen LogP contribution < -0.4 is 4.90 Å². The van der Waals surface area contributed by atoms with E-state index in [1.807, 2.05) is 33.2 Å². The average Bonchev–Trinajstić information content (AvgIpc) is 3.38. The van der Waals surface area contributed by atoms with Crippen molar-refractivity contribution in [2.75, 3.05) is 36.2 Å². The molecule has 2 atom stereocenters. The van der Waals surface area contributed by atoms with Crippen molar-refractivity contribution in [3.05, 3.63) is 30.1 Å². The molecule has 2 saturated heterocycles. The lowest BCUT2D eigenvalue weighted by Gasteiger charge is -2.34. The summed E-state index contributed by atoms with van der Waals surface area (Å²) in [5.41, 5.74) is 5.61. The van der Waals surface area contributed by atoms with Crippen LogP contribution in [0.25, 0.3) is 33.3 Å². The Morgan fingerprint density at radius 2 is 1.97 bits per heavy atom. The summed E-state index contributed by atoms with van der Waals surface area (Å²) in [7, 11) is -1.12. The molecule has 2 fully saturated rings. The van der Waals surface area contributed by atoms with Gasteiger partial charge in [-0.3, -0.25) is 4.98 Å². The van der Waals surface area contributed by atoms with E-state index in [1.165, 1.54) is 0 Å². The fourth-order valence-electron chi connectivity index (χ4n) is 6.07. The molecule has 0 N–H and O–H groups in total. The first-order valence-electron chi connectivity index (χ1n) is 13.0. The first-order chi connectivity index (χ1) is 17.7. The van der Waals surface area contributed by atoms with Crippen LogP contribution >= 0.6 is 0 Å². The fourth-order valence-corrected chi connectivity index (χ4v) is 7.63. The molecule has 10 nitrogen and oxygen atoms in total. The molecule has 0 saturated carbocycles. The highest BCUT2D eigenvalue weighted by Gasteiger charge is 2.31. The predicted octanol–water partition coefficient (Wildman–Crippen LogP) is 3.30. The van der Waals surface area contributed by atoms with E-state index < -0.39 is 9.84 Å². The third kappa shape index (κ3) is 4.17. The number of ether oxygens (including phenoxy) is 1. The standard InChI is InChI=1S/C26H33N7O3S/c1-16-15-37(34,35)12-9-32(16)23-6-5-21-24-22(13-20(14-27-24)25-17(2)29-30-31(25)4)33(26(21)28-23)18(3)19-7-10-36-11-8-19/h5-6,13-14,16,18-19H,7-12,15H2,1-4H3/t16?,18-/m1/s1. The second-order valence-electron chi connectivity index (χ2n) is 10.5. The molecule has 0 amide bonds. The van der Waals surface area contributed by atoms with Crippen LogP contribution in [0.15, 0.2) is 24.4 Å². The minimum absolute atomic E-state index is 0.125. The molecular formula is C26H33N7O3S. The highest BCUT2D eigenvalue weighted by molar-refractivity contribution is 7.91. The van der Waals surface area contributed by atoms with Crippen LogP contribution in [0.2, 0.25) is 0 Å². The van der Waals surface area contributed by atoms with Gasteiger partial charge in [0.15, 0.2) is 9.84 Å². The van der Waals surface area contributed by atoms with E-state index in [0.717, 1.165) is 70.9 Å². The molecule has 4 aromatic heterocycles. The number of rotatable bonds is 4. The Morgan fingerprint density at radius 3 is 2.68 bits per heavy atom. The molecule has 0 bridgehead atoms. The molecule has 0 spiro atoms. The van der Waals surface area contributed by atoms with Crippen molar-refractivity contribution in [2.45, 2.75) is 45.7 Å². The number of aromatic nitrogens is 6. The van der Waals surface area contributed by atoms with Crippen molar-refractivity contribution >= 4 is 37.7 Å². The summed E-state index contributed by atoms with van der Waals surface area (Å²) in [5, 5.41) is 9.42. The number of hydrogen-bond acceptors (Lipinski definition) is 8. The van der Waals surface area contributed by atoms with Crippen molar-refractivity contribution in [1.29, 1.82) is 0 Å². The molecular weight excluding hydrogens is 490 g/mol. The molecule has 0 aromatic carbocycles. The van der Waals surface area contributed by atoms with E-state index in [0.29, 0.717) is 12.5 Å². The van der Waals surface area contributed by atoms with Gasteiger partial charge in [0.2, 0.25) is 0 Å². The Labute approximate surface area is 216 Å². The lowest BCUT2D eigenvalue weighted by atomic mass is 9.92. The Hall–Kier alpha value is -3.05. The van der Waals surface area contributed by atoms with E-state index >= 15 is 0 Å². The van der Waals surface area contributed by atoms with Crippen LogP contribution in [0.1, 0.15) is 38.4 Å². The lowest BCUT2D eigenvalue weighted by Crippen LogP contribution is -2.47. The molecule has 0 aliphatic carbocycles. The van der Waals surface area contributed by atoms with E-state index in [1.54, 1.807) is 4.68 Å². The van der Waals surface area contributed by atoms with Crippen molar-refractivity contribution in [3.63, 3.8) is 0 Å². The van der Waals surface area contributed by atoms with Crippen molar-refractivity contribution in [1.82, 2.24) is 29.5 Å². The van der Waals surface area contributed by atoms with E-state index in [2.05, 4.69) is 38.8 Å². The number of fused-ring (bicyclic) bond motifs is 3. The first-order valence-corrected chi connectivity index (χ1v) is 14.8. The van der Waals surface area contributed by atoms with Crippen LogP contribution in [0.5, 0.6) is 0 Å². The van der Waals surface area contributed by atoms with Crippen molar-refractivity contribution in [3.8, 4) is 11.3 Å². The van der Waals surface area contributed by atoms with E-state index in [4.69, 9.17) is 14.7 Å². The van der Waals surface area contributed by atoms with Gasteiger partial charge in [-0.15, -0.1) is 5.10 Å². The van der Waals surface area contributed by atoms with Gasteiger partial charge in [0, 0.05) is 56.0 Å². The predicted molar refractivity (Wildman–Crippen MR) is 143 cm³/mol. The van der Waals surface area contributed by atoms with Crippen LogP contribution in [0.4, 0.5) is 5.82 Å². The van der Waals surface area contributed by atoms with E-state index in [9.17, 15) is 8.42 Å². The van der Waals surface area contributed by atoms with Gasteiger partial charge in [0.1, 0.15) is 11.5 Å². The number of sulfone groups is 1. The maximum absolute atomic E-state index is 12.2. The molecule has 6 rings (SSSR count). The van der Waals surface area contributed by atoms with Crippen LogP contribution in [-0.2, 0) is 21.6 Å². The summed E-state index contributed by atoms with van der Waals surface area (Å²) >= 11 is 0. The Kier molecular flexibility index (Phi) is 5.95. The Bertz CT molecular complexity index is 1570. The number of hydrogen-bond donors (Lipinski definition) is 0. The topological polar surface area (TPSA) is 108 Å². The summed E-state index contributed by atoms with van der Waals surface area (Å²) in [6.07, 6.45) is 3.89. The van der Waals surface area contributed by atoms with Crippen LogP contribution in [0.3, 0.4) is 0 Å². The van der Waals surface area contributed by atoms with Gasteiger partial charge >= 0.3 is 0 Å². The summed E-state index contributed by atoms with van der Waals surface area (Å²) < 4.78 is 34.1. The zero-order valence-corrected chi connectivity index (χ0v) is 22.6. The summed E-state index contributed by atoms with van der Waals surface area (Å²) in [5.74, 6) is 1.57. The highest BCUT2D eigenvalue weighted by atomic mass is 32.2. The third-order valence-electron chi connectivity index (χ3n) is 8.06. The van der Waals surface area contributed by atoms with Gasteiger partial charge in [-0.2, -0.15) is 0 Å². The monoisotopic (exact) mass is 523 g/mol. The lowest BCUT2D eigenvalue weighted by molar-refractivity contribution is 0.0524. The van der Waals surface area contributed by atoms with Gasteiger partial charge in [-0.1, -0.05) is 5.21 Å². The van der Waals surface area contributed by atoms with Crippen LogP contribution in [0, 0.1) is 12.8 Å². The maximum Gasteiger partial charge on any atom is 0.154 e. The third-order valence-corrected chi connectivity index (χ3v) is 9.85. The largest absolute Gasteiger partial charge is 0.381 e. The molecule has 4 aromatic rings. The molecule has 2 aliphatic rings. The average molecular weight is 524 g/mol. The molecule has 1 unspecified atom stereocenters. The highest BCUT2D eigenvalue weighted by Crippen LogP contribution is 2.38. The maximum atomic E-state index is 12.2. The Morgan fingerprint density at radius 1 is 1.19 bits per heavy atom. The van der Waals surface area contributed by atoms with Crippen molar-refractivity contribution in [2.24, 2.45) is 13.0 Å².